The van der Waals surface area contributed by atoms with Crippen molar-refractivity contribution in [3.8, 4) is 17.2 Å². The van der Waals surface area contributed by atoms with E-state index in [0.29, 0.717) is 29.7 Å². The van der Waals surface area contributed by atoms with Crippen molar-refractivity contribution < 1.29 is 28.5 Å². The van der Waals surface area contributed by atoms with Gasteiger partial charge in [-0.2, -0.15) is 0 Å². The monoisotopic (exact) mass is 494 g/mol. The van der Waals surface area contributed by atoms with Gasteiger partial charge in [0.25, 0.3) is 0 Å². The molecule has 1 fully saturated rings. The number of carbonyl (C=O) groups is 1. The van der Waals surface area contributed by atoms with Gasteiger partial charge >= 0.3 is 11.6 Å². The van der Waals surface area contributed by atoms with Crippen molar-refractivity contribution in [1.82, 2.24) is 9.80 Å². The lowest BCUT2D eigenvalue weighted by Gasteiger charge is -2.35. The Kier molecular flexibility index (Phi) is 6.84. The highest BCUT2D eigenvalue weighted by atomic mass is 16.7. The number of esters is 1. The Balaban J connectivity index is 1.32. The summed E-state index contributed by atoms with van der Waals surface area (Å²) in [6, 6.07) is 9.29. The molecule has 0 spiro atoms. The minimum absolute atomic E-state index is 0.0722. The first-order chi connectivity index (χ1) is 17.4. The summed E-state index contributed by atoms with van der Waals surface area (Å²) in [6.45, 7) is 6.69. The van der Waals surface area contributed by atoms with Crippen molar-refractivity contribution in [3.05, 3.63) is 63.0 Å². The number of hydrogen-bond donors (Lipinski definition) is 1. The van der Waals surface area contributed by atoms with Crippen LogP contribution >= 0.6 is 0 Å². The Morgan fingerprint density at radius 2 is 1.75 bits per heavy atom. The Hall–Kier alpha value is -3.56. The molecule has 36 heavy (non-hydrogen) atoms. The van der Waals surface area contributed by atoms with Crippen molar-refractivity contribution in [2.24, 2.45) is 0 Å². The van der Waals surface area contributed by atoms with Crippen LogP contribution < -0.4 is 15.1 Å². The largest absolute Gasteiger partial charge is 0.507 e. The second-order valence-corrected chi connectivity index (χ2v) is 9.30. The number of hydrogen-bond acceptors (Lipinski definition) is 9. The highest BCUT2D eigenvalue weighted by Gasteiger charge is 2.23. The molecule has 2 aromatic carbocycles. The van der Waals surface area contributed by atoms with E-state index in [1.165, 1.54) is 18.7 Å². The van der Waals surface area contributed by atoms with Crippen LogP contribution in [-0.4, -0.2) is 61.0 Å². The predicted octanol–water partition coefficient (Wildman–Crippen LogP) is 2.96. The fraction of sp³-hybridized carbons (Fsp3) is 0.407. The van der Waals surface area contributed by atoms with E-state index in [9.17, 15) is 14.7 Å². The summed E-state index contributed by atoms with van der Waals surface area (Å²) in [7, 11) is 1.35. The summed E-state index contributed by atoms with van der Waals surface area (Å²) in [5, 5.41) is 11.9. The van der Waals surface area contributed by atoms with Crippen LogP contribution in [0, 0.1) is 6.92 Å². The van der Waals surface area contributed by atoms with Crippen molar-refractivity contribution in [1.29, 1.82) is 0 Å². The van der Waals surface area contributed by atoms with Crippen LogP contribution in [0.5, 0.6) is 17.2 Å². The third-order valence-electron chi connectivity index (χ3n) is 6.91. The lowest BCUT2D eigenvalue weighted by Crippen LogP contribution is -2.45. The SMILES string of the molecule is COC(=O)CCc1cc2c(C)cc(=O)oc2c(CN2CCN(Cc3ccc4c(c3)OCO4)CC2)c1O. The van der Waals surface area contributed by atoms with Gasteiger partial charge in [0, 0.05) is 57.1 Å². The molecular weight excluding hydrogens is 464 g/mol. The fourth-order valence-electron chi connectivity index (χ4n) is 4.87. The van der Waals surface area contributed by atoms with Crippen LogP contribution in [0.15, 0.2) is 39.5 Å². The zero-order valence-electron chi connectivity index (χ0n) is 20.5. The number of phenolic OH excluding ortho intramolecular Hbond substituents is 1. The molecule has 9 heteroatoms. The number of benzene rings is 2. The van der Waals surface area contributed by atoms with E-state index in [0.717, 1.165) is 55.2 Å². The van der Waals surface area contributed by atoms with Crippen LogP contribution in [0.4, 0.5) is 0 Å². The number of carbonyl (C=O) groups excluding carboxylic acids is 1. The van der Waals surface area contributed by atoms with E-state index in [1.54, 1.807) is 6.07 Å². The van der Waals surface area contributed by atoms with E-state index >= 15 is 0 Å². The van der Waals surface area contributed by atoms with E-state index in [1.807, 2.05) is 19.1 Å². The van der Waals surface area contributed by atoms with Crippen molar-refractivity contribution >= 4 is 16.9 Å². The molecule has 5 rings (SSSR count). The van der Waals surface area contributed by atoms with Gasteiger partial charge in [0.05, 0.1) is 12.7 Å². The second kappa shape index (κ2) is 10.2. The number of fused-ring (bicyclic) bond motifs is 2. The van der Waals surface area contributed by atoms with Gasteiger partial charge in [0.2, 0.25) is 6.79 Å². The zero-order valence-corrected chi connectivity index (χ0v) is 20.5. The molecule has 3 heterocycles. The van der Waals surface area contributed by atoms with Gasteiger partial charge in [-0.05, 0) is 48.2 Å². The number of methoxy groups -OCH3 is 1. The number of rotatable bonds is 7. The summed E-state index contributed by atoms with van der Waals surface area (Å²) in [4.78, 5) is 28.5. The molecule has 1 saturated heterocycles. The van der Waals surface area contributed by atoms with Gasteiger partial charge in [-0.15, -0.1) is 0 Å². The van der Waals surface area contributed by atoms with Gasteiger partial charge in [-0.25, -0.2) is 4.79 Å². The number of aryl methyl sites for hydroxylation is 2. The maximum Gasteiger partial charge on any atom is 0.336 e. The molecule has 2 aliphatic rings. The first-order valence-corrected chi connectivity index (χ1v) is 12.1. The number of phenols is 1. The molecule has 3 aromatic rings. The van der Waals surface area contributed by atoms with Crippen LogP contribution in [0.3, 0.4) is 0 Å². The van der Waals surface area contributed by atoms with E-state index in [2.05, 4.69) is 15.9 Å². The van der Waals surface area contributed by atoms with Crippen LogP contribution in [0.25, 0.3) is 11.0 Å². The highest BCUT2D eigenvalue weighted by molar-refractivity contribution is 5.86. The molecule has 1 N–H and O–H groups in total. The van der Waals surface area contributed by atoms with Gasteiger partial charge in [-0.1, -0.05) is 6.07 Å². The van der Waals surface area contributed by atoms with Crippen LogP contribution in [0.1, 0.15) is 28.7 Å². The first kappa shape index (κ1) is 24.1. The molecule has 0 saturated carbocycles. The molecule has 0 atom stereocenters. The smallest absolute Gasteiger partial charge is 0.336 e. The topological polar surface area (TPSA) is 102 Å². The van der Waals surface area contributed by atoms with Crippen LogP contribution in [-0.2, 0) is 29.0 Å². The summed E-state index contributed by atoms with van der Waals surface area (Å²) >= 11 is 0. The van der Waals surface area contributed by atoms with Gasteiger partial charge in [0.1, 0.15) is 11.3 Å². The van der Waals surface area contributed by atoms with E-state index in [-0.39, 0.29) is 24.9 Å². The maximum absolute atomic E-state index is 12.1. The van der Waals surface area contributed by atoms with E-state index < -0.39 is 5.63 Å². The number of nitrogens with zero attached hydrogens (tertiary/aromatic N) is 2. The molecule has 0 bridgehead atoms. The van der Waals surface area contributed by atoms with Crippen molar-refractivity contribution in [2.75, 3.05) is 40.1 Å². The Labute approximate surface area is 208 Å². The summed E-state index contributed by atoms with van der Waals surface area (Å²) in [5.74, 6) is 1.30. The van der Waals surface area contributed by atoms with Gasteiger partial charge < -0.3 is 23.7 Å². The Bertz CT molecular complexity index is 1340. The molecule has 2 aliphatic heterocycles. The minimum Gasteiger partial charge on any atom is -0.507 e. The quantitative estimate of drug-likeness (QED) is 0.392. The first-order valence-electron chi connectivity index (χ1n) is 12.1. The number of ether oxygens (including phenoxy) is 3. The highest BCUT2D eigenvalue weighted by Crippen LogP contribution is 2.35. The third kappa shape index (κ3) is 5.03. The normalized spacial score (nSPS) is 15.9. The Morgan fingerprint density at radius 3 is 2.50 bits per heavy atom. The van der Waals surface area contributed by atoms with Crippen molar-refractivity contribution in [3.63, 3.8) is 0 Å². The third-order valence-corrected chi connectivity index (χ3v) is 6.91. The summed E-state index contributed by atoms with van der Waals surface area (Å²) in [5.41, 5.74) is 3.12. The standard InChI is InChI=1S/C27H30N2O7/c1-17-11-25(31)36-27-20(17)13-19(4-6-24(30)33-2)26(32)21(27)15-29-9-7-28(8-10-29)14-18-3-5-22-23(12-18)35-16-34-22/h3,5,11-13,32H,4,6-10,14-16H2,1-2H3. The molecule has 190 valence electrons. The fourth-order valence-corrected chi connectivity index (χ4v) is 4.87. The van der Waals surface area contributed by atoms with Crippen LogP contribution in [0.2, 0.25) is 0 Å². The van der Waals surface area contributed by atoms with Crippen molar-refractivity contribution in [2.45, 2.75) is 32.9 Å². The molecule has 0 aliphatic carbocycles. The molecular formula is C27H30N2O7. The molecule has 0 unspecified atom stereocenters. The Morgan fingerprint density at radius 1 is 1.03 bits per heavy atom. The number of aromatic hydroxyl groups is 1. The maximum atomic E-state index is 12.1. The molecule has 0 amide bonds. The average Bonchev–Trinajstić information content (AvgIpc) is 3.34. The molecule has 1 aromatic heterocycles. The second-order valence-electron chi connectivity index (χ2n) is 9.30. The predicted molar refractivity (Wildman–Crippen MR) is 132 cm³/mol. The summed E-state index contributed by atoms with van der Waals surface area (Å²) in [6.07, 6.45) is 0.493. The van der Waals surface area contributed by atoms with E-state index in [4.69, 9.17) is 18.6 Å². The molecule has 9 nitrogen and oxygen atoms in total. The lowest BCUT2D eigenvalue weighted by molar-refractivity contribution is -0.140. The zero-order chi connectivity index (χ0) is 25.2. The average molecular weight is 495 g/mol. The number of piperazine rings is 1. The summed E-state index contributed by atoms with van der Waals surface area (Å²) < 4.78 is 21.2. The van der Waals surface area contributed by atoms with Gasteiger partial charge in [-0.3, -0.25) is 14.6 Å². The lowest BCUT2D eigenvalue weighted by atomic mass is 9.98. The van der Waals surface area contributed by atoms with Gasteiger partial charge in [0.15, 0.2) is 11.5 Å². The minimum atomic E-state index is -0.448. The molecule has 0 radical (unpaired) electrons.